The smallest absolute Gasteiger partial charge is 0.232 e. The van der Waals surface area contributed by atoms with Crippen LogP contribution in [-0.4, -0.2) is 11.6 Å². The predicted molar refractivity (Wildman–Crippen MR) is 96.0 cm³/mol. The summed E-state index contributed by atoms with van der Waals surface area (Å²) in [6.45, 7) is 2.32. The van der Waals surface area contributed by atoms with Gasteiger partial charge >= 0.3 is 0 Å². The van der Waals surface area contributed by atoms with Crippen LogP contribution >= 0.6 is 11.6 Å². The zero-order chi connectivity index (χ0) is 16.9. The van der Waals surface area contributed by atoms with E-state index in [1.54, 1.807) is 12.1 Å². The summed E-state index contributed by atoms with van der Waals surface area (Å²) in [6, 6.07) is 21.4. The molecule has 4 heteroatoms. The van der Waals surface area contributed by atoms with Crippen molar-refractivity contribution in [2.45, 2.75) is 6.92 Å². The fourth-order valence-corrected chi connectivity index (χ4v) is 2.61. The molecule has 1 heterocycles. The second kappa shape index (κ2) is 7.16. The molecule has 0 bridgehead atoms. The van der Waals surface area contributed by atoms with Gasteiger partial charge < -0.3 is 4.74 Å². The maximum absolute atomic E-state index is 9.61. The van der Waals surface area contributed by atoms with Crippen LogP contribution < -0.4 is 4.74 Å². The molecule has 0 atom stereocenters. The summed E-state index contributed by atoms with van der Waals surface area (Å²) in [6.07, 6.45) is 0. The first-order chi connectivity index (χ1) is 11.7. The van der Waals surface area contributed by atoms with E-state index in [4.69, 9.17) is 16.3 Å². The van der Waals surface area contributed by atoms with Crippen LogP contribution in [0.25, 0.3) is 22.4 Å². The van der Waals surface area contributed by atoms with Gasteiger partial charge in [0.15, 0.2) is 0 Å². The van der Waals surface area contributed by atoms with Crippen LogP contribution in [0.3, 0.4) is 0 Å². The van der Waals surface area contributed by atoms with E-state index < -0.39 is 0 Å². The molecule has 3 aromatic rings. The molecule has 0 aliphatic heterocycles. The third-order valence-electron chi connectivity index (χ3n) is 3.60. The predicted octanol–water partition coefficient (Wildman–Crippen LogP) is 5.34. The van der Waals surface area contributed by atoms with Gasteiger partial charge in [0.1, 0.15) is 11.6 Å². The normalized spacial score (nSPS) is 10.2. The molecule has 118 valence electrons. The van der Waals surface area contributed by atoms with Gasteiger partial charge in [-0.3, -0.25) is 0 Å². The third-order valence-corrected chi connectivity index (χ3v) is 3.86. The summed E-state index contributed by atoms with van der Waals surface area (Å²) in [5.74, 6) is 0.353. The Balaban J connectivity index is 2.24. The van der Waals surface area contributed by atoms with E-state index in [0.717, 1.165) is 22.4 Å². The molecule has 0 unspecified atom stereocenters. The fourth-order valence-electron chi connectivity index (χ4n) is 2.48. The molecule has 0 spiro atoms. The molecule has 1 aromatic heterocycles. The molecule has 0 saturated carbocycles. The van der Waals surface area contributed by atoms with Gasteiger partial charge in [-0.2, -0.15) is 5.26 Å². The number of rotatable bonds is 4. The lowest BCUT2D eigenvalue weighted by molar-refractivity contribution is 0.326. The average Bonchev–Trinajstić information content (AvgIpc) is 2.63. The first kappa shape index (κ1) is 16.0. The Morgan fingerprint density at radius 3 is 2.38 bits per heavy atom. The van der Waals surface area contributed by atoms with Crippen LogP contribution in [0.15, 0.2) is 60.7 Å². The Morgan fingerprint density at radius 2 is 1.75 bits per heavy atom. The van der Waals surface area contributed by atoms with Crippen molar-refractivity contribution in [3.63, 3.8) is 0 Å². The third kappa shape index (κ3) is 3.24. The van der Waals surface area contributed by atoms with E-state index in [1.165, 1.54) is 0 Å². The van der Waals surface area contributed by atoms with Crippen LogP contribution in [-0.2, 0) is 0 Å². The fraction of sp³-hybridized carbons (Fsp3) is 0.100. The van der Waals surface area contributed by atoms with Crippen molar-refractivity contribution in [2.75, 3.05) is 6.61 Å². The van der Waals surface area contributed by atoms with Crippen LogP contribution in [0, 0.1) is 11.3 Å². The van der Waals surface area contributed by atoms with Crippen LogP contribution in [0.1, 0.15) is 12.5 Å². The Kier molecular flexibility index (Phi) is 4.79. The van der Waals surface area contributed by atoms with Gasteiger partial charge in [-0.25, -0.2) is 4.98 Å². The lowest BCUT2D eigenvalue weighted by Gasteiger charge is -2.12. The number of benzene rings is 2. The molecule has 0 fully saturated rings. The first-order valence-electron chi connectivity index (χ1n) is 7.62. The van der Waals surface area contributed by atoms with Gasteiger partial charge in [-0.15, -0.1) is 0 Å². The highest BCUT2D eigenvalue weighted by molar-refractivity contribution is 6.30. The number of ether oxygens (including phenoxy) is 1. The van der Waals surface area contributed by atoms with Gasteiger partial charge in [0.25, 0.3) is 0 Å². The topological polar surface area (TPSA) is 45.9 Å². The molecule has 0 radical (unpaired) electrons. The van der Waals surface area contributed by atoms with Gasteiger partial charge in [0.2, 0.25) is 5.88 Å². The van der Waals surface area contributed by atoms with Gasteiger partial charge in [-0.1, -0.05) is 54.1 Å². The maximum Gasteiger partial charge on any atom is 0.232 e. The van der Waals surface area contributed by atoms with Crippen molar-refractivity contribution in [1.29, 1.82) is 5.26 Å². The van der Waals surface area contributed by atoms with E-state index in [-0.39, 0.29) is 0 Å². The Bertz CT molecular complexity index is 884. The largest absolute Gasteiger partial charge is 0.477 e. The van der Waals surface area contributed by atoms with Crippen molar-refractivity contribution in [1.82, 2.24) is 4.98 Å². The molecular weight excluding hydrogens is 320 g/mol. The number of pyridine rings is 1. The monoisotopic (exact) mass is 334 g/mol. The SMILES string of the molecule is CCOc1nc(-c2ccccc2)cc(-c2ccc(Cl)cc2)c1C#N. The number of nitriles is 1. The average molecular weight is 335 g/mol. The van der Waals surface area contributed by atoms with E-state index >= 15 is 0 Å². The second-order valence-electron chi connectivity index (χ2n) is 5.15. The number of aromatic nitrogens is 1. The van der Waals surface area contributed by atoms with Crippen LogP contribution in [0.4, 0.5) is 0 Å². The zero-order valence-corrected chi connectivity index (χ0v) is 13.9. The molecule has 3 nitrogen and oxygen atoms in total. The van der Waals surface area contributed by atoms with Crippen molar-refractivity contribution in [3.8, 4) is 34.3 Å². The summed E-state index contributed by atoms with van der Waals surface area (Å²) in [5, 5.41) is 10.3. The minimum atomic E-state index is 0.353. The van der Waals surface area contributed by atoms with Gasteiger partial charge in [-0.05, 0) is 30.7 Å². The molecular formula is C20H15ClN2O. The molecule has 0 aliphatic carbocycles. The summed E-state index contributed by atoms with van der Waals surface area (Å²) in [5.41, 5.74) is 3.85. The van der Waals surface area contributed by atoms with Crippen LogP contribution in [0.5, 0.6) is 5.88 Å². The highest BCUT2D eigenvalue weighted by Gasteiger charge is 2.16. The standard InChI is InChI=1S/C20H15ClN2O/c1-2-24-20-18(13-22)17(14-8-10-16(21)11-9-14)12-19(23-20)15-6-4-3-5-7-15/h3-12H,2H2,1H3. The first-order valence-corrected chi connectivity index (χ1v) is 8.00. The minimum absolute atomic E-state index is 0.353. The van der Waals surface area contributed by atoms with Gasteiger partial charge in [0.05, 0.1) is 12.3 Å². The highest BCUT2D eigenvalue weighted by atomic mass is 35.5. The van der Waals surface area contributed by atoms with E-state index in [9.17, 15) is 5.26 Å². The van der Waals surface area contributed by atoms with Crippen molar-refractivity contribution in [3.05, 3.63) is 71.2 Å². The van der Waals surface area contributed by atoms with Crippen molar-refractivity contribution in [2.24, 2.45) is 0 Å². The molecule has 0 saturated heterocycles. The lowest BCUT2D eigenvalue weighted by Crippen LogP contribution is -2.01. The number of hydrogen-bond donors (Lipinski definition) is 0. The highest BCUT2D eigenvalue weighted by Crippen LogP contribution is 2.33. The molecule has 3 rings (SSSR count). The van der Waals surface area contributed by atoms with E-state index in [1.807, 2.05) is 55.5 Å². The summed E-state index contributed by atoms with van der Waals surface area (Å²) >= 11 is 5.98. The summed E-state index contributed by atoms with van der Waals surface area (Å²) in [4.78, 5) is 4.54. The zero-order valence-electron chi connectivity index (χ0n) is 13.2. The number of hydrogen-bond acceptors (Lipinski definition) is 3. The maximum atomic E-state index is 9.61. The Morgan fingerprint density at radius 1 is 1.04 bits per heavy atom. The number of nitrogens with zero attached hydrogens (tertiary/aromatic N) is 2. The summed E-state index contributed by atoms with van der Waals surface area (Å²) < 4.78 is 5.62. The molecule has 24 heavy (non-hydrogen) atoms. The van der Waals surface area contributed by atoms with Crippen molar-refractivity contribution < 1.29 is 4.74 Å². The van der Waals surface area contributed by atoms with Crippen molar-refractivity contribution >= 4 is 11.6 Å². The summed E-state index contributed by atoms with van der Waals surface area (Å²) in [7, 11) is 0. The van der Waals surface area contributed by atoms with Gasteiger partial charge in [0, 0.05) is 16.1 Å². The second-order valence-corrected chi connectivity index (χ2v) is 5.59. The lowest BCUT2D eigenvalue weighted by atomic mass is 9.99. The van der Waals surface area contributed by atoms with E-state index in [2.05, 4.69) is 11.1 Å². The van der Waals surface area contributed by atoms with Crippen LogP contribution in [0.2, 0.25) is 5.02 Å². The Hall–Kier alpha value is -2.83. The molecule has 0 aliphatic rings. The quantitative estimate of drug-likeness (QED) is 0.647. The van der Waals surface area contributed by atoms with E-state index in [0.29, 0.717) is 23.1 Å². The molecule has 0 N–H and O–H groups in total. The molecule has 0 amide bonds. The minimum Gasteiger partial charge on any atom is -0.477 e. The Labute approximate surface area is 146 Å². The molecule has 2 aromatic carbocycles. The number of halogens is 1.